The van der Waals surface area contributed by atoms with E-state index in [2.05, 4.69) is 44.9 Å². The Morgan fingerprint density at radius 1 is 1.50 bits per heavy atom. The Morgan fingerprint density at radius 2 is 2.11 bits per heavy atom. The largest absolute Gasteiger partial charge is 0.409 e. The Bertz CT molecular complexity index is 437. The Kier molecular flexibility index (Phi) is 4.41. The molecule has 0 aromatic carbocycles. The van der Waals surface area contributed by atoms with Crippen molar-refractivity contribution in [3.8, 4) is 12.3 Å². The van der Waals surface area contributed by atoms with Crippen molar-refractivity contribution in [2.75, 3.05) is 0 Å². The molecule has 0 fully saturated rings. The van der Waals surface area contributed by atoms with Crippen LogP contribution < -0.4 is 0 Å². The zero-order chi connectivity index (χ0) is 14.0. The second-order valence-corrected chi connectivity index (χ2v) is 11.0. The van der Waals surface area contributed by atoms with E-state index >= 15 is 0 Å². The van der Waals surface area contributed by atoms with Gasteiger partial charge in [0.1, 0.15) is 0 Å². The Balaban J connectivity index is 2.92. The standard InChI is InChI=1S/C14H24N2OSi/c1-8-9-13(12-10-15-16(5)11-12)17-18(6,7)14(2,3)4/h1,10-11,13H,9H2,2-7H3. The average Bonchev–Trinajstić information content (AvgIpc) is 2.62. The zero-order valence-corrected chi connectivity index (χ0v) is 13.3. The number of aromatic nitrogens is 2. The summed E-state index contributed by atoms with van der Waals surface area (Å²) in [4.78, 5) is 0. The number of rotatable bonds is 4. The van der Waals surface area contributed by atoms with Crippen LogP contribution in [0.25, 0.3) is 0 Å². The molecule has 1 unspecified atom stereocenters. The first-order chi connectivity index (χ1) is 8.17. The van der Waals surface area contributed by atoms with Crippen LogP contribution in [0, 0.1) is 12.3 Å². The van der Waals surface area contributed by atoms with Crippen LogP contribution in [-0.2, 0) is 11.5 Å². The molecular formula is C14H24N2OSi. The number of nitrogens with zero attached hydrogens (tertiary/aromatic N) is 2. The molecule has 1 heterocycles. The van der Waals surface area contributed by atoms with Gasteiger partial charge in [0.2, 0.25) is 0 Å². The van der Waals surface area contributed by atoms with Gasteiger partial charge in [0.05, 0.1) is 12.3 Å². The van der Waals surface area contributed by atoms with Crippen molar-refractivity contribution < 1.29 is 4.43 Å². The van der Waals surface area contributed by atoms with Crippen molar-refractivity contribution in [2.24, 2.45) is 7.05 Å². The Labute approximate surface area is 112 Å². The molecule has 1 rings (SSSR count). The molecule has 0 aliphatic heterocycles. The van der Waals surface area contributed by atoms with Crippen molar-refractivity contribution in [1.82, 2.24) is 9.78 Å². The molecule has 0 spiro atoms. The van der Waals surface area contributed by atoms with Crippen LogP contribution in [-0.4, -0.2) is 18.1 Å². The number of hydrogen-bond donors (Lipinski definition) is 0. The van der Waals surface area contributed by atoms with Crippen LogP contribution >= 0.6 is 0 Å². The lowest BCUT2D eigenvalue weighted by atomic mass is 10.1. The third-order valence-electron chi connectivity index (χ3n) is 3.64. The summed E-state index contributed by atoms with van der Waals surface area (Å²) in [5.41, 5.74) is 1.07. The molecule has 0 saturated heterocycles. The molecule has 18 heavy (non-hydrogen) atoms. The molecule has 0 aliphatic carbocycles. The molecule has 1 aromatic heterocycles. The van der Waals surface area contributed by atoms with E-state index < -0.39 is 8.32 Å². The molecule has 3 nitrogen and oxygen atoms in total. The van der Waals surface area contributed by atoms with Crippen molar-refractivity contribution in [3.63, 3.8) is 0 Å². The topological polar surface area (TPSA) is 27.1 Å². The van der Waals surface area contributed by atoms with Crippen molar-refractivity contribution in [3.05, 3.63) is 18.0 Å². The fourth-order valence-corrected chi connectivity index (χ4v) is 2.76. The van der Waals surface area contributed by atoms with Crippen LogP contribution in [0.4, 0.5) is 0 Å². The van der Waals surface area contributed by atoms with E-state index in [1.807, 2.05) is 19.4 Å². The summed E-state index contributed by atoms with van der Waals surface area (Å²) >= 11 is 0. The third kappa shape index (κ3) is 3.47. The minimum Gasteiger partial charge on any atom is -0.409 e. The molecule has 1 aromatic rings. The first-order valence-corrected chi connectivity index (χ1v) is 9.18. The highest BCUT2D eigenvalue weighted by Gasteiger charge is 2.39. The predicted molar refractivity (Wildman–Crippen MR) is 77.7 cm³/mol. The van der Waals surface area contributed by atoms with Crippen LogP contribution in [0.1, 0.15) is 38.9 Å². The van der Waals surface area contributed by atoms with Gasteiger partial charge >= 0.3 is 0 Å². The third-order valence-corrected chi connectivity index (χ3v) is 8.13. The molecule has 100 valence electrons. The highest BCUT2D eigenvalue weighted by atomic mass is 28.4. The van der Waals surface area contributed by atoms with E-state index in [-0.39, 0.29) is 11.1 Å². The van der Waals surface area contributed by atoms with Gasteiger partial charge in [-0.25, -0.2) is 0 Å². The molecule has 0 bridgehead atoms. The van der Waals surface area contributed by atoms with Crippen LogP contribution in [0.2, 0.25) is 18.1 Å². The van der Waals surface area contributed by atoms with Gasteiger partial charge in [-0.1, -0.05) is 20.8 Å². The monoisotopic (exact) mass is 264 g/mol. The minimum atomic E-state index is -1.81. The summed E-state index contributed by atoms with van der Waals surface area (Å²) in [6.07, 6.45) is 9.84. The van der Waals surface area contributed by atoms with E-state index in [1.165, 1.54) is 0 Å². The van der Waals surface area contributed by atoms with Crippen LogP contribution in [0.3, 0.4) is 0 Å². The maximum absolute atomic E-state index is 6.39. The van der Waals surface area contributed by atoms with Gasteiger partial charge in [0.15, 0.2) is 8.32 Å². The number of aryl methyl sites for hydroxylation is 1. The van der Waals surface area contributed by atoms with Crippen LogP contribution in [0.15, 0.2) is 12.4 Å². The SMILES string of the molecule is C#CCC(O[Si](C)(C)C(C)(C)C)c1cnn(C)c1. The highest BCUT2D eigenvalue weighted by Crippen LogP contribution is 2.40. The van der Waals surface area contributed by atoms with E-state index in [0.29, 0.717) is 6.42 Å². The lowest BCUT2D eigenvalue weighted by Gasteiger charge is -2.38. The first kappa shape index (κ1) is 15.0. The van der Waals surface area contributed by atoms with E-state index in [9.17, 15) is 0 Å². The number of terminal acetylenes is 1. The maximum Gasteiger partial charge on any atom is 0.192 e. The molecular weight excluding hydrogens is 240 g/mol. The summed E-state index contributed by atoms with van der Waals surface area (Å²) in [7, 11) is 0.0942. The zero-order valence-electron chi connectivity index (χ0n) is 12.3. The first-order valence-electron chi connectivity index (χ1n) is 6.27. The number of hydrogen-bond acceptors (Lipinski definition) is 2. The summed E-state index contributed by atoms with van der Waals surface area (Å²) < 4.78 is 8.17. The smallest absolute Gasteiger partial charge is 0.192 e. The Hall–Kier alpha value is -1.05. The molecule has 0 N–H and O–H groups in total. The maximum atomic E-state index is 6.39. The van der Waals surface area contributed by atoms with Crippen molar-refractivity contribution >= 4 is 8.32 Å². The second kappa shape index (κ2) is 5.29. The summed E-state index contributed by atoms with van der Waals surface area (Å²) in [5, 5.41) is 4.38. The molecule has 0 saturated carbocycles. The summed E-state index contributed by atoms with van der Waals surface area (Å²) in [6.45, 7) is 11.2. The summed E-state index contributed by atoms with van der Waals surface area (Å²) in [6, 6.07) is 0. The quantitative estimate of drug-likeness (QED) is 0.615. The molecule has 0 amide bonds. The van der Waals surface area contributed by atoms with E-state index in [4.69, 9.17) is 10.8 Å². The average molecular weight is 264 g/mol. The van der Waals surface area contributed by atoms with Crippen LogP contribution in [0.5, 0.6) is 0 Å². The molecule has 0 radical (unpaired) electrons. The molecule has 1 atom stereocenters. The van der Waals surface area contributed by atoms with Gasteiger partial charge in [-0.15, -0.1) is 12.3 Å². The summed E-state index contributed by atoms with van der Waals surface area (Å²) in [5.74, 6) is 2.71. The second-order valence-electron chi connectivity index (χ2n) is 6.22. The van der Waals surface area contributed by atoms with Crippen molar-refractivity contribution in [1.29, 1.82) is 0 Å². The lowest BCUT2D eigenvalue weighted by molar-refractivity contribution is 0.189. The van der Waals surface area contributed by atoms with Crippen molar-refractivity contribution in [2.45, 2.75) is 51.4 Å². The van der Waals surface area contributed by atoms with Gasteiger partial charge in [-0.05, 0) is 18.1 Å². The normalized spacial score (nSPS) is 14.3. The molecule has 4 heteroatoms. The van der Waals surface area contributed by atoms with Gasteiger partial charge < -0.3 is 4.43 Å². The fourth-order valence-electron chi connectivity index (χ4n) is 1.47. The molecule has 0 aliphatic rings. The Morgan fingerprint density at radius 3 is 2.50 bits per heavy atom. The lowest BCUT2D eigenvalue weighted by Crippen LogP contribution is -2.41. The van der Waals surface area contributed by atoms with Gasteiger partial charge in [-0.2, -0.15) is 5.10 Å². The fraction of sp³-hybridized carbons (Fsp3) is 0.643. The minimum absolute atomic E-state index is 0.0374. The predicted octanol–water partition coefficient (Wildman–Crippen LogP) is 3.51. The van der Waals surface area contributed by atoms with Gasteiger partial charge in [0.25, 0.3) is 0 Å². The van der Waals surface area contributed by atoms with Gasteiger partial charge in [-0.3, -0.25) is 4.68 Å². The van der Waals surface area contributed by atoms with Gasteiger partial charge in [0, 0.05) is 25.2 Å². The highest BCUT2D eigenvalue weighted by molar-refractivity contribution is 6.74. The van der Waals surface area contributed by atoms with E-state index in [0.717, 1.165) is 5.56 Å². The van der Waals surface area contributed by atoms with E-state index in [1.54, 1.807) is 4.68 Å².